The summed E-state index contributed by atoms with van der Waals surface area (Å²) in [5.41, 5.74) is 4.97. The van der Waals surface area contributed by atoms with Crippen LogP contribution >= 0.6 is 11.6 Å². The van der Waals surface area contributed by atoms with E-state index in [0.29, 0.717) is 0 Å². The molecule has 1 unspecified atom stereocenters. The van der Waals surface area contributed by atoms with Crippen molar-refractivity contribution in [3.63, 3.8) is 0 Å². The molecule has 4 aliphatic rings. The molecule has 0 aromatic rings. The second-order valence-corrected chi connectivity index (χ2v) is 6.89. The van der Waals surface area contributed by atoms with Crippen molar-refractivity contribution in [2.45, 2.75) is 49.4 Å². The molecule has 1 atom stereocenters. The molecule has 0 heterocycles. The molecule has 4 nitrogen and oxygen atoms in total. The minimum Gasteiger partial charge on any atom is -0.368 e. The number of hydrogen-bond acceptors (Lipinski definition) is 2. The molecule has 4 rings (SSSR count). The molecule has 0 saturated heterocycles. The molecule has 0 radical (unpaired) electrons. The lowest BCUT2D eigenvalue weighted by Gasteiger charge is -2.57. The van der Waals surface area contributed by atoms with Gasteiger partial charge in [0.05, 0.1) is 0 Å². The van der Waals surface area contributed by atoms with Gasteiger partial charge in [0.25, 0.3) is 0 Å². The monoisotopic (exact) mass is 270 g/mol. The van der Waals surface area contributed by atoms with Crippen molar-refractivity contribution < 1.29 is 9.59 Å². The molecule has 2 amide bonds. The lowest BCUT2D eigenvalue weighted by molar-refractivity contribution is -0.130. The SMILES string of the molecule is NC(=O)C(Cl)C(=O)NC12CC3CC(CC(C3)C1)C2. The van der Waals surface area contributed by atoms with Gasteiger partial charge in [-0.2, -0.15) is 0 Å². The number of carbonyl (C=O) groups is 2. The maximum Gasteiger partial charge on any atom is 0.248 e. The van der Waals surface area contributed by atoms with Crippen molar-refractivity contribution in [3.8, 4) is 0 Å². The van der Waals surface area contributed by atoms with Crippen LogP contribution in [0.5, 0.6) is 0 Å². The van der Waals surface area contributed by atoms with Crippen LogP contribution in [0.4, 0.5) is 0 Å². The minimum atomic E-state index is -1.24. The molecular weight excluding hydrogens is 252 g/mol. The average Bonchev–Trinajstić information content (AvgIpc) is 2.24. The zero-order valence-corrected chi connectivity index (χ0v) is 11.1. The lowest BCUT2D eigenvalue weighted by Crippen LogP contribution is -2.61. The van der Waals surface area contributed by atoms with E-state index < -0.39 is 17.2 Å². The van der Waals surface area contributed by atoms with Crippen LogP contribution in [0.3, 0.4) is 0 Å². The summed E-state index contributed by atoms with van der Waals surface area (Å²) in [6, 6.07) is 0. The van der Waals surface area contributed by atoms with Crippen LogP contribution in [-0.2, 0) is 9.59 Å². The van der Waals surface area contributed by atoms with Crippen LogP contribution in [0.2, 0.25) is 0 Å². The molecule has 4 bridgehead atoms. The van der Waals surface area contributed by atoms with E-state index in [1.54, 1.807) is 0 Å². The second-order valence-electron chi connectivity index (χ2n) is 6.45. The first kappa shape index (κ1) is 12.3. The predicted octanol–water partition coefficient (Wildman–Crippen LogP) is 1.16. The van der Waals surface area contributed by atoms with Crippen LogP contribution in [0.15, 0.2) is 0 Å². The third kappa shape index (κ3) is 2.00. The summed E-state index contributed by atoms with van der Waals surface area (Å²) < 4.78 is 0. The minimum absolute atomic E-state index is 0.103. The van der Waals surface area contributed by atoms with Gasteiger partial charge in [0.1, 0.15) is 0 Å². The normalized spacial score (nSPS) is 42.6. The third-order valence-corrected chi connectivity index (χ3v) is 5.32. The number of nitrogens with two attached hydrogens (primary N) is 1. The molecule has 4 fully saturated rings. The fourth-order valence-corrected chi connectivity index (χ4v) is 4.77. The van der Waals surface area contributed by atoms with Crippen molar-refractivity contribution in [3.05, 3.63) is 0 Å². The Morgan fingerprint density at radius 2 is 1.56 bits per heavy atom. The first-order valence-corrected chi connectivity index (χ1v) is 7.16. The van der Waals surface area contributed by atoms with E-state index in [4.69, 9.17) is 17.3 Å². The number of rotatable bonds is 3. The summed E-state index contributed by atoms with van der Waals surface area (Å²) in [4.78, 5) is 22.9. The number of carbonyl (C=O) groups excluding carboxylic acids is 2. The Hall–Kier alpha value is -0.770. The van der Waals surface area contributed by atoms with Gasteiger partial charge in [-0.05, 0) is 56.3 Å². The molecular formula is C13H19ClN2O2. The first-order valence-electron chi connectivity index (χ1n) is 6.73. The number of alkyl halides is 1. The molecule has 0 aromatic carbocycles. The van der Waals surface area contributed by atoms with Crippen molar-refractivity contribution in [2.75, 3.05) is 0 Å². The van der Waals surface area contributed by atoms with Gasteiger partial charge in [0, 0.05) is 5.54 Å². The lowest BCUT2D eigenvalue weighted by atomic mass is 9.53. The standard InChI is InChI=1S/C13H19ClN2O2/c14-10(11(15)17)12(18)16-13-4-7-1-8(5-13)3-9(2-7)6-13/h7-10H,1-6H2,(H2,15,17)(H,16,18). The van der Waals surface area contributed by atoms with Crippen molar-refractivity contribution >= 4 is 23.4 Å². The molecule has 4 saturated carbocycles. The molecule has 3 N–H and O–H groups in total. The second kappa shape index (κ2) is 4.12. The van der Waals surface area contributed by atoms with Gasteiger partial charge >= 0.3 is 0 Å². The van der Waals surface area contributed by atoms with Crippen LogP contribution < -0.4 is 11.1 Å². The number of nitrogens with one attached hydrogen (secondary N) is 1. The Labute approximate surface area is 112 Å². The maximum absolute atomic E-state index is 11.9. The molecule has 4 aliphatic carbocycles. The van der Waals surface area contributed by atoms with Gasteiger partial charge in [0.2, 0.25) is 11.8 Å². The predicted molar refractivity (Wildman–Crippen MR) is 67.9 cm³/mol. The van der Waals surface area contributed by atoms with Gasteiger partial charge in [-0.3, -0.25) is 9.59 Å². The molecule has 100 valence electrons. The van der Waals surface area contributed by atoms with Gasteiger partial charge < -0.3 is 11.1 Å². The third-order valence-electron chi connectivity index (χ3n) is 4.91. The molecule has 0 aromatic heterocycles. The van der Waals surface area contributed by atoms with E-state index in [1.807, 2.05) is 0 Å². The van der Waals surface area contributed by atoms with Gasteiger partial charge in [-0.1, -0.05) is 0 Å². The number of primary amides is 1. The molecule has 18 heavy (non-hydrogen) atoms. The summed E-state index contributed by atoms with van der Waals surface area (Å²) >= 11 is 5.72. The highest BCUT2D eigenvalue weighted by molar-refractivity contribution is 6.41. The van der Waals surface area contributed by atoms with Crippen molar-refractivity contribution in [1.82, 2.24) is 5.32 Å². The highest BCUT2D eigenvalue weighted by Gasteiger charge is 2.51. The quantitative estimate of drug-likeness (QED) is 0.597. The summed E-state index contributed by atoms with van der Waals surface area (Å²) in [5.74, 6) is 1.07. The number of hydrogen-bond donors (Lipinski definition) is 2. The van der Waals surface area contributed by atoms with Crippen molar-refractivity contribution in [1.29, 1.82) is 0 Å². The van der Waals surface area contributed by atoms with E-state index in [9.17, 15) is 9.59 Å². The highest BCUT2D eigenvalue weighted by Crippen LogP contribution is 2.55. The Bertz CT molecular complexity index is 361. The van der Waals surface area contributed by atoms with E-state index in [-0.39, 0.29) is 5.54 Å². The Morgan fingerprint density at radius 3 is 1.94 bits per heavy atom. The molecule has 0 spiro atoms. The van der Waals surface area contributed by atoms with E-state index >= 15 is 0 Å². The fourth-order valence-electron chi connectivity index (χ4n) is 4.72. The van der Waals surface area contributed by atoms with E-state index in [0.717, 1.165) is 37.0 Å². The zero-order chi connectivity index (χ0) is 12.9. The maximum atomic E-state index is 11.9. The van der Waals surface area contributed by atoms with Crippen molar-refractivity contribution in [2.24, 2.45) is 23.5 Å². The first-order chi connectivity index (χ1) is 8.47. The fraction of sp³-hybridized carbons (Fsp3) is 0.846. The van der Waals surface area contributed by atoms with Crippen LogP contribution in [0.25, 0.3) is 0 Å². The topological polar surface area (TPSA) is 72.2 Å². The van der Waals surface area contributed by atoms with Crippen LogP contribution in [-0.4, -0.2) is 22.7 Å². The Morgan fingerprint density at radius 1 is 1.11 bits per heavy atom. The number of halogens is 1. The van der Waals surface area contributed by atoms with Crippen LogP contribution in [0, 0.1) is 17.8 Å². The Balaban J connectivity index is 1.72. The Kier molecular flexibility index (Phi) is 2.81. The largest absolute Gasteiger partial charge is 0.368 e. The zero-order valence-electron chi connectivity index (χ0n) is 10.3. The van der Waals surface area contributed by atoms with Crippen LogP contribution in [0.1, 0.15) is 38.5 Å². The molecule has 0 aliphatic heterocycles. The highest BCUT2D eigenvalue weighted by atomic mass is 35.5. The average molecular weight is 271 g/mol. The smallest absolute Gasteiger partial charge is 0.248 e. The van der Waals surface area contributed by atoms with Gasteiger partial charge in [0.15, 0.2) is 5.38 Å². The summed E-state index contributed by atoms with van der Waals surface area (Å²) in [7, 11) is 0. The van der Waals surface area contributed by atoms with E-state index in [2.05, 4.69) is 5.32 Å². The number of amides is 2. The summed E-state index contributed by atoms with van der Waals surface area (Å²) in [6.45, 7) is 0. The van der Waals surface area contributed by atoms with E-state index in [1.165, 1.54) is 19.3 Å². The summed E-state index contributed by atoms with van der Waals surface area (Å²) in [6.07, 6.45) is 7.09. The van der Waals surface area contributed by atoms with Gasteiger partial charge in [-0.15, -0.1) is 11.6 Å². The summed E-state index contributed by atoms with van der Waals surface area (Å²) in [5, 5.41) is 1.80. The molecule has 5 heteroatoms. The van der Waals surface area contributed by atoms with Gasteiger partial charge in [-0.25, -0.2) is 0 Å².